The highest BCUT2D eigenvalue weighted by atomic mass is 16.5. The monoisotopic (exact) mass is 288 g/mol. The number of nitrogens with one attached hydrogen (secondary N) is 1. The molecule has 3 rings (SSSR count). The van der Waals surface area contributed by atoms with Gasteiger partial charge in [0.05, 0.1) is 7.11 Å². The van der Waals surface area contributed by atoms with E-state index in [0.717, 1.165) is 18.3 Å². The van der Waals surface area contributed by atoms with Crippen LogP contribution in [-0.2, 0) is 6.42 Å². The minimum atomic E-state index is 0.609. The molecule has 1 aliphatic carbocycles. The molecule has 1 saturated heterocycles. The third-order valence-corrected chi connectivity index (χ3v) is 5.20. The zero-order valence-electron chi connectivity index (χ0n) is 13.4. The van der Waals surface area contributed by atoms with E-state index in [0.29, 0.717) is 6.04 Å². The Labute approximate surface area is 128 Å². The van der Waals surface area contributed by atoms with Gasteiger partial charge in [-0.2, -0.15) is 0 Å². The van der Waals surface area contributed by atoms with Crippen molar-refractivity contribution in [2.24, 2.45) is 0 Å². The first-order valence-corrected chi connectivity index (χ1v) is 8.40. The first-order valence-electron chi connectivity index (χ1n) is 8.40. The van der Waals surface area contributed by atoms with Crippen LogP contribution >= 0.6 is 0 Å². The predicted octanol–water partition coefficient (Wildman–Crippen LogP) is 3.15. The number of likely N-dealkylation sites (tertiary alicyclic amines) is 1. The Balaban J connectivity index is 1.80. The zero-order valence-corrected chi connectivity index (χ0v) is 13.4. The van der Waals surface area contributed by atoms with Crippen molar-refractivity contribution in [3.8, 4) is 5.75 Å². The molecule has 2 atom stereocenters. The summed E-state index contributed by atoms with van der Waals surface area (Å²) >= 11 is 0. The molecule has 0 amide bonds. The Morgan fingerprint density at radius 2 is 2.19 bits per heavy atom. The van der Waals surface area contributed by atoms with Gasteiger partial charge in [0.15, 0.2) is 0 Å². The molecule has 1 aliphatic heterocycles. The van der Waals surface area contributed by atoms with Gasteiger partial charge in [0.2, 0.25) is 0 Å². The maximum absolute atomic E-state index is 5.44. The lowest BCUT2D eigenvalue weighted by Crippen LogP contribution is -2.42. The number of aryl methyl sites for hydroxylation is 1. The van der Waals surface area contributed by atoms with E-state index >= 15 is 0 Å². The summed E-state index contributed by atoms with van der Waals surface area (Å²) in [6.45, 7) is 2.38. The average molecular weight is 288 g/mol. The SMILES string of the molecule is CNCCC1CCCCN1C1CCc2ccc(OC)cc21. The van der Waals surface area contributed by atoms with Crippen LogP contribution in [0.4, 0.5) is 0 Å². The third kappa shape index (κ3) is 3.09. The maximum Gasteiger partial charge on any atom is 0.119 e. The van der Waals surface area contributed by atoms with Crippen molar-refractivity contribution in [1.82, 2.24) is 10.2 Å². The summed E-state index contributed by atoms with van der Waals surface area (Å²) in [6.07, 6.45) is 7.87. The highest BCUT2D eigenvalue weighted by Crippen LogP contribution is 2.40. The molecular formula is C18H28N2O. The number of hydrogen-bond donors (Lipinski definition) is 1. The molecule has 2 unspecified atom stereocenters. The lowest BCUT2D eigenvalue weighted by molar-refractivity contribution is 0.0888. The van der Waals surface area contributed by atoms with Gasteiger partial charge in [0.25, 0.3) is 0 Å². The lowest BCUT2D eigenvalue weighted by Gasteiger charge is -2.40. The number of piperidine rings is 1. The first kappa shape index (κ1) is 14.9. The van der Waals surface area contributed by atoms with E-state index in [4.69, 9.17) is 4.74 Å². The van der Waals surface area contributed by atoms with Crippen LogP contribution in [0, 0.1) is 0 Å². The number of rotatable bonds is 5. The average Bonchev–Trinajstić information content (AvgIpc) is 2.96. The smallest absolute Gasteiger partial charge is 0.119 e. The van der Waals surface area contributed by atoms with Gasteiger partial charge in [-0.15, -0.1) is 0 Å². The van der Waals surface area contributed by atoms with Crippen molar-refractivity contribution in [2.45, 2.75) is 50.6 Å². The van der Waals surface area contributed by atoms with Crippen LogP contribution in [0.2, 0.25) is 0 Å². The van der Waals surface area contributed by atoms with Crippen LogP contribution in [-0.4, -0.2) is 38.2 Å². The van der Waals surface area contributed by atoms with E-state index in [1.165, 1.54) is 56.2 Å². The Bertz CT molecular complexity index is 474. The molecule has 3 nitrogen and oxygen atoms in total. The molecule has 21 heavy (non-hydrogen) atoms. The summed E-state index contributed by atoms with van der Waals surface area (Å²) in [5, 5.41) is 3.32. The lowest BCUT2D eigenvalue weighted by atomic mass is 9.95. The normalized spacial score (nSPS) is 25.8. The minimum Gasteiger partial charge on any atom is -0.497 e. The van der Waals surface area contributed by atoms with Crippen LogP contribution in [0.1, 0.15) is 49.3 Å². The fourth-order valence-corrected chi connectivity index (χ4v) is 4.08. The molecule has 0 radical (unpaired) electrons. The fourth-order valence-electron chi connectivity index (χ4n) is 4.08. The third-order valence-electron chi connectivity index (χ3n) is 5.20. The molecule has 1 aromatic carbocycles. The fraction of sp³-hybridized carbons (Fsp3) is 0.667. The number of methoxy groups -OCH3 is 1. The molecule has 3 heteroatoms. The summed E-state index contributed by atoms with van der Waals surface area (Å²) in [7, 11) is 3.82. The number of nitrogens with zero attached hydrogens (tertiary/aromatic N) is 1. The van der Waals surface area contributed by atoms with Crippen LogP contribution in [0.25, 0.3) is 0 Å². The number of hydrogen-bond acceptors (Lipinski definition) is 3. The topological polar surface area (TPSA) is 24.5 Å². The van der Waals surface area contributed by atoms with Crippen LogP contribution in [0.3, 0.4) is 0 Å². The number of fused-ring (bicyclic) bond motifs is 1. The highest BCUT2D eigenvalue weighted by molar-refractivity contribution is 5.41. The van der Waals surface area contributed by atoms with Gasteiger partial charge in [-0.1, -0.05) is 12.5 Å². The number of benzene rings is 1. The molecule has 0 bridgehead atoms. The van der Waals surface area contributed by atoms with Crippen molar-refractivity contribution in [3.63, 3.8) is 0 Å². The second kappa shape index (κ2) is 6.80. The molecule has 1 N–H and O–H groups in total. The number of ether oxygens (including phenoxy) is 1. The quantitative estimate of drug-likeness (QED) is 0.901. The highest BCUT2D eigenvalue weighted by Gasteiger charge is 2.33. The molecule has 1 fully saturated rings. The standard InChI is InChI=1S/C18H28N2O/c1-19-11-10-15-5-3-4-12-20(15)18-9-7-14-6-8-16(21-2)13-17(14)18/h6,8,13,15,18-19H,3-5,7,9-12H2,1-2H3. The van der Waals surface area contributed by atoms with E-state index in [-0.39, 0.29) is 0 Å². The van der Waals surface area contributed by atoms with Gasteiger partial charge in [-0.25, -0.2) is 0 Å². The van der Waals surface area contributed by atoms with Gasteiger partial charge in [0.1, 0.15) is 5.75 Å². The van der Waals surface area contributed by atoms with Gasteiger partial charge >= 0.3 is 0 Å². The molecule has 2 aliphatic rings. The first-order chi connectivity index (χ1) is 10.3. The van der Waals surface area contributed by atoms with Crippen molar-refractivity contribution in [2.75, 3.05) is 27.2 Å². The Hall–Kier alpha value is -1.06. The van der Waals surface area contributed by atoms with Gasteiger partial charge < -0.3 is 10.1 Å². The van der Waals surface area contributed by atoms with E-state index in [9.17, 15) is 0 Å². The summed E-state index contributed by atoms with van der Waals surface area (Å²) in [5.74, 6) is 1.00. The van der Waals surface area contributed by atoms with E-state index < -0.39 is 0 Å². The summed E-state index contributed by atoms with van der Waals surface area (Å²) < 4.78 is 5.44. The molecule has 0 spiro atoms. The van der Waals surface area contributed by atoms with E-state index in [2.05, 4.69) is 35.5 Å². The van der Waals surface area contributed by atoms with E-state index in [1.807, 2.05) is 0 Å². The Morgan fingerprint density at radius 3 is 3.00 bits per heavy atom. The molecule has 0 saturated carbocycles. The van der Waals surface area contributed by atoms with Crippen molar-refractivity contribution in [3.05, 3.63) is 29.3 Å². The summed E-state index contributed by atoms with van der Waals surface area (Å²) in [6, 6.07) is 8.00. The van der Waals surface area contributed by atoms with Crippen molar-refractivity contribution >= 4 is 0 Å². The molecular weight excluding hydrogens is 260 g/mol. The molecule has 116 valence electrons. The molecule has 1 aromatic rings. The zero-order chi connectivity index (χ0) is 14.7. The van der Waals surface area contributed by atoms with E-state index in [1.54, 1.807) is 7.11 Å². The second-order valence-electron chi connectivity index (χ2n) is 6.40. The Kier molecular flexibility index (Phi) is 4.81. The molecule has 1 heterocycles. The van der Waals surface area contributed by atoms with Gasteiger partial charge in [-0.05, 0) is 75.5 Å². The summed E-state index contributed by atoms with van der Waals surface area (Å²) in [5.41, 5.74) is 3.05. The van der Waals surface area contributed by atoms with Gasteiger partial charge in [-0.3, -0.25) is 4.90 Å². The largest absolute Gasteiger partial charge is 0.497 e. The maximum atomic E-state index is 5.44. The van der Waals surface area contributed by atoms with Crippen molar-refractivity contribution in [1.29, 1.82) is 0 Å². The van der Waals surface area contributed by atoms with Crippen molar-refractivity contribution < 1.29 is 4.74 Å². The van der Waals surface area contributed by atoms with Gasteiger partial charge in [0, 0.05) is 12.1 Å². The second-order valence-corrected chi connectivity index (χ2v) is 6.40. The van der Waals surface area contributed by atoms with Crippen LogP contribution < -0.4 is 10.1 Å². The minimum absolute atomic E-state index is 0.609. The van der Waals surface area contributed by atoms with Crippen LogP contribution in [0.5, 0.6) is 5.75 Å². The summed E-state index contributed by atoms with van der Waals surface area (Å²) in [4.78, 5) is 2.78. The molecule has 0 aromatic heterocycles. The van der Waals surface area contributed by atoms with Crippen LogP contribution in [0.15, 0.2) is 18.2 Å². The predicted molar refractivity (Wildman–Crippen MR) is 86.9 cm³/mol. The Morgan fingerprint density at radius 1 is 1.29 bits per heavy atom.